The molecule has 1 aromatic heterocycles. The van der Waals surface area contributed by atoms with Gasteiger partial charge in [0.15, 0.2) is 53.9 Å². The molecule has 798 valence electrons. The fourth-order valence-electron chi connectivity index (χ4n) is 12.4. The zero-order chi connectivity index (χ0) is 103. The van der Waals surface area contributed by atoms with E-state index in [1.165, 1.54) is 111 Å². The molecule has 0 spiro atoms. The van der Waals surface area contributed by atoms with Gasteiger partial charge in [-0.25, -0.2) is 33.7 Å². The van der Waals surface area contributed by atoms with Crippen molar-refractivity contribution in [3.63, 3.8) is 0 Å². The normalized spacial score (nSPS) is 12.5. The number of fused-ring (bicyclic) bond motifs is 4. The van der Waals surface area contributed by atoms with Gasteiger partial charge in [-0.05, 0) is 249 Å². The number of hydrogen-bond donors (Lipinski definition) is 1. The number of halogens is 9. The van der Waals surface area contributed by atoms with Gasteiger partial charge in [0.2, 0.25) is 6.79 Å². The number of unbranched alkanes of at least 4 members (excludes halogenated alkanes) is 1. The summed E-state index contributed by atoms with van der Waals surface area (Å²) in [6.45, 7) is 18.5. The molecule has 145 heavy (non-hydrogen) atoms. The highest BCUT2D eigenvalue weighted by Crippen LogP contribution is 2.54. The summed E-state index contributed by atoms with van der Waals surface area (Å²) in [6, 6.07) is 84.3. The van der Waals surface area contributed by atoms with Crippen molar-refractivity contribution in [2.24, 2.45) is 16.2 Å². The largest absolute Gasteiger partial charge is 0.744 e. The van der Waals surface area contributed by atoms with Crippen LogP contribution in [0.3, 0.4) is 0 Å². The lowest BCUT2D eigenvalue weighted by Crippen LogP contribution is -2.61. The van der Waals surface area contributed by atoms with Gasteiger partial charge in [0, 0.05) is 55.9 Å². The molecule has 0 aliphatic carbocycles. The first kappa shape index (κ1) is 130. The number of hydrogen-bond acceptors (Lipinski definition) is 22. The number of carbonyl (C=O) groups excluding carboxylic acids is 3. The number of alkyl halides is 9. The van der Waals surface area contributed by atoms with Crippen molar-refractivity contribution in [1.29, 1.82) is 0 Å². The summed E-state index contributed by atoms with van der Waals surface area (Å²) < 4.78 is 286. The Kier molecular flexibility index (Phi) is 50.8. The molecule has 2 heterocycles. The van der Waals surface area contributed by atoms with Crippen molar-refractivity contribution in [2.75, 3.05) is 38.1 Å². The minimum Gasteiger partial charge on any atom is -0.744 e. The van der Waals surface area contributed by atoms with Crippen LogP contribution in [0.15, 0.2) is 302 Å². The van der Waals surface area contributed by atoms with Crippen molar-refractivity contribution in [1.82, 2.24) is 0 Å². The highest BCUT2D eigenvalue weighted by atomic mass is 32.3. The average molecular weight is 2190 g/mol. The van der Waals surface area contributed by atoms with Crippen LogP contribution >= 0.6 is 10.5 Å². The lowest BCUT2D eigenvalue weighted by Gasteiger charge is -2.35. The topological polar surface area (TPSA) is 358 Å². The van der Waals surface area contributed by atoms with Gasteiger partial charge in [0.25, 0.3) is 0 Å². The van der Waals surface area contributed by atoms with Gasteiger partial charge in [0.1, 0.15) is 54.7 Å². The second kappa shape index (κ2) is 56.5. The van der Waals surface area contributed by atoms with E-state index in [-0.39, 0.29) is 119 Å². The molecule has 11 aromatic carbocycles. The third kappa shape index (κ3) is 34.7. The van der Waals surface area contributed by atoms with Gasteiger partial charge in [-0.1, -0.05) is 200 Å². The Hall–Kier alpha value is -10.6. The molecule has 1 fully saturated rings. The highest BCUT2D eigenvalue weighted by molar-refractivity contribution is 8.13. The van der Waals surface area contributed by atoms with Crippen LogP contribution in [0.1, 0.15) is 170 Å². The maximum atomic E-state index is 14.1. The van der Waals surface area contributed by atoms with Crippen LogP contribution in [-0.4, -0.2) is 134 Å². The Balaban J connectivity index is 0.000000598. The number of aliphatic hydroxyl groups excluding tert-OH is 1. The van der Waals surface area contributed by atoms with Crippen LogP contribution in [0.4, 0.5) is 39.5 Å². The van der Waals surface area contributed by atoms with Crippen molar-refractivity contribution in [3.8, 4) is 27.9 Å². The molecular formula is C105H130F9NO22S8. The van der Waals surface area contributed by atoms with Gasteiger partial charge >= 0.3 is 50.0 Å². The number of benzene rings is 11. The van der Waals surface area contributed by atoms with Crippen LogP contribution in [0.25, 0.3) is 40.0 Å². The molecule has 1 aliphatic rings. The fraction of sp³-hybridized carbons (Fsp3) is 0.362. The number of carbonyl (C=O) groups is 3. The third-order valence-electron chi connectivity index (χ3n) is 21.7. The Morgan fingerprint density at radius 3 is 1.22 bits per heavy atom. The van der Waals surface area contributed by atoms with Gasteiger partial charge in [0.05, 0.1) is 50.1 Å². The molecule has 0 unspecified atom stereocenters. The molecule has 0 bridgehead atoms. The van der Waals surface area contributed by atoms with Crippen molar-refractivity contribution < 1.29 is 138 Å². The lowest BCUT2D eigenvalue weighted by molar-refractivity contribution is -0.245. The summed E-state index contributed by atoms with van der Waals surface area (Å²) in [6.07, 6.45) is 7.50. The molecule has 0 atom stereocenters. The SMILES string of the molecule is C.C.C.C.C.C.CCC(C)(C)C(=O)OCCc1ccc(OS(=O)(=O)C(F)(F)C(F)(F)C(F)(F)S(=O)(=O)[N-]S(=O)(=O)C(F)(F)F)cc1.CCC(C)(C)C(=O)OCOc1ccc(S(=O)(=O)[O-])cc1.CCC(C)(C)C(=O)Oc1ccc(S(=O)(=O)[O-])cc1.CCCCOc1ccc([S+]2CCCC2)c2ccccc12.OCCc1ccc(-[s+]2c3ccccc3c3ccccc32)cc1.c1ccc([S+](c2ccccc2)c2ccccc2)cc1. The second-order valence-electron chi connectivity index (χ2n) is 32.9. The molecule has 1 N–H and O–H groups in total. The molecule has 40 heteroatoms. The molecule has 0 saturated carbocycles. The summed E-state index contributed by atoms with van der Waals surface area (Å²) in [5.41, 5.74) is -7.29. The summed E-state index contributed by atoms with van der Waals surface area (Å²) in [7, 11) is -31.3. The quantitative estimate of drug-likeness (QED) is 0.00572. The predicted octanol–water partition coefficient (Wildman–Crippen LogP) is 26.8. The Morgan fingerprint density at radius 2 is 0.800 bits per heavy atom. The molecular weight excluding hydrogens is 2050 g/mol. The van der Waals surface area contributed by atoms with E-state index in [0.717, 1.165) is 61.6 Å². The summed E-state index contributed by atoms with van der Waals surface area (Å²) in [5.74, 6) is -5.83. The zero-order valence-corrected chi connectivity index (χ0v) is 83.8. The minimum atomic E-state index is -8.01. The standard InChI is InChI=1S/C20H17OS.C18H19F9NO9S3.C18H23OS.C18H15S.C13H18O6S.C12H16O5S.6CH4/c21-14-13-15-9-11-16(12-10-15)22-19-7-3-1-5-17(19)18-6-2-4-8-20(18)22;1-4-14(2,3)13(29)36-10-9-11-5-7-12(8-6-11)37-40(34,35)17(23,24)15(19,20)16(21,22)38(30,31)28-39(32,33)18(25,26)27;1-2-3-12-19-17-10-11-18(20-13-6-7-14-20)16-9-5-4-8-15(16)17;1-4-10-16(11-5-1)19(17-12-6-2-7-13-17)18-14-8-3-9-15-18;1-4-13(2,3)12(14)19-9-18-10-5-7-11(8-6-10)20(15,16)17;1-4-12(2,3)11(13)17-9-5-7-10(8-6-9)18(14,15)16;;;;;;/h1-12,21H,13-14H2;5-8H,4,9-10H2,1-3H3;4-5,8-11H,2-3,6-7,12-14H2,1H3;1-15H;5-8H,4,9H2,1-3H3,(H,15,16,17);5-8H,4H2,1-3H3,(H,14,15,16);6*1H4/q+1;-1;2*+1;;;;;;;;/p-2. The van der Waals surface area contributed by atoms with E-state index >= 15 is 0 Å². The van der Waals surface area contributed by atoms with Crippen LogP contribution in [0, 0.1) is 16.2 Å². The van der Waals surface area contributed by atoms with Gasteiger partial charge in [-0.3, -0.25) is 14.4 Å². The van der Waals surface area contributed by atoms with E-state index < -0.39 is 106 Å². The number of thiophene rings is 1. The second-order valence-corrected chi connectivity index (χ2v) is 46.9. The van der Waals surface area contributed by atoms with Crippen molar-refractivity contribution in [2.45, 2.75) is 223 Å². The Labute approximate surface area is 856 Å². The van der Waals surface area contributed by atoms with Gasteiger partial charge in [-0.2, -0.15) is 47.9 Å². The fourth-order valence-corrected chi connectivity index (χ4v) is 23.5. The molecule has 23 nitrogen and oxygen atoms in total. The summed E-state index contributed by atoms with van der Waals surface area (Å²) in [5, 5.41) is -0.222. The van der Waals surface area contributed by atoms with E-state index in [2.05, 4.69) is 211 Å². The average Bonchev–Trinajstić information content (AvgIpc) is 1.15. The summed E-state index contributed by atoms with van der Waals surface area (Å²) >= 11 is 0. The molecule has 1 saturated heterocycles. The van der Waals surface area contributed by atoms with Crippen LogP contribution in [-0.2, 0) is 109 Å². The predicted molar refractivity (Wildman–Crippen MR) is 558 cm³/mol. The van der Waals surface area contributed by atoms with E-state index in [1.54, 1.807) is 53.4 Å². The minimum absolute atomic E-state index is 0. The first-order valence-electron chi connectivity index (χ1n) is 43.3. The molecule has 0 radical (unpaired) electrons. The number of nitrogens with zero attached hydrogens (tertiary/aromatic N) is 1. The third-order valence-corrected chi connectivity index (χ3v) is 34.9. The Bertz CT molecular complexity index is 6540. The Morgan fingerprint density at radius 1 is 0.414 bits per heavy atom. The lowest BCUT2D eigenvalue weighted by atomic mass is 9.91. The van der Waals surface area contributed by atoms with E-state index in [4.69, 9.17) is 28.8 Å². The van der Waals surface area contributed by atoms with Crippen LogP contribution in [0.5, 0.6) is 23.0 Å². The van der Waals surface area contributed by atoms with Crippen LogP contribution in [0.2, 0.25) is 0 Å². The first-order chi connectivity index (χ1) is 65.2. The van der Waals surface area contributed by atoms with E-state index in [9.17, 15) is 105 Å². The van der Waals surface area contributed by atoms with E-state index in [0.29, 0.717) is 52.2 Å². The first-order valence-corrected chi connectivity index (χ1v) is 54.4. The van der Waals surface area contributed by atoms with Crippen LogP contribution < -0.4 is 18.4 Å². The van der Waals surface area contributed by atoms with Gasteiger partial charge in [-0.15, -0.1) is 0 Å². The maximum Gasteiger partial charge on any atom is 0.480 e. The van der Waals surface area contributed by atoms with E-state index in [1.807, 2.05) is 13.8 Å². The number of rotatable bonds is 34. The molecule has 1 aliphatic heterocycles. The zero-order valence-electron chi connectivity index (χ0n) is 77.2. The van der Waals surface area contributed by atoms with Crippen molar-refractivity contribution in [3.05, 3.63) is 288 Å². The summed E-state index contributed by atoms with van der Waals surface area (Å²) in [4.78, 5) is 41.6. The molecule has 13 rings (SSSR count). The molecule has 12 aromatic rings. The number of aliphatic hydroxyl groups is 1. The van der Waals surface area contributed by atoms with Gasteiger partial charge < -0.3 is 46.2 Å². The number of esters is 3. The maximum absolute atomic E-state index is 14.1. The number of ether oxygens (including phenoxy) is 5. The monoisotopic (exact) mass is 2180 g/mol. The smallest absolute Gasteiger partial charge is 0.480 e. The van der Waals surface area contributed by atoms with Crippen molar-refractivity contribution >= 4 is 132 Å². The number of sulfonamides is 2. The highest BCUT2D eigenvalue weighted by Gasteiger charge is 2.81. The molecule has 0 amide bonds.